The Morgan fingerprint density at radius 2 is 2.06 bits per heavy atom. The lowest BCUT2D eigenvalue weighted by atomic mass is 10.2. The van der Waals surface area contributed by atoms with Gasteiger partial charge in [-0.3, -0.25) is 9.59 Å². The molecule has 1 atom stereocenters. The lowest BCUT2D eigenvalue weighted by Crippen LogP contribution is -2.43. The van der Waals surface area contributed by atoms with E-state index in [1.165, 1.54) is 0 Å². The van der Waals surface area contributed by atoms with Crippen molar-refractivity contribution in [3.8, 4) is 0 Å². The number of carbonyl (C=O) groups is 2. The second kappa shape index (κ2) is 9.44. The Bertz CT molecular complexity index is 226. The van der Waals surface area contributed by atoms with Crippen molar-refractivity contribution in [1.82, 2.24) is 5.32 Å². The van der Waals surface area contributed by atoms with Gasteiger partial charge in [0.05, 0.1) is 12.5 Å². The minimum absolute atomic E-state index is 0.135. The van der Waals surface area contributed by atoms with Gasteiger partial charge in [-0.15, -0.1) is 0 Å². The van der Waals surface area contributed by atoms with Gasteiger partial charge in [-0.1, -0.05) is 0 Å². The molecule has 0 radical (unpaired) electrons. The van der Waals surface area contributed by atoms with Crippen molar-refractivity contribution in [2.24, 2.45) is 11.5 Å². The van der Waals surface area contributed by atoms with Crippen molar-refractivity contribution in [3.63, 3.8) is 0 Å². The minimum atomic E-state index is -0.861. The molecule has 6 nitrogen and oxygen atoms in total. The zero-order chi connectivity index (χ0) is 12.4. The molecule has 2 amide bonds. The molecule has 0 heterocycles. The lowest BCUT2D eigenvalue weighted by molar-refractivity contribution is -0.126. The van der Waals surface area contributed by atoms with Gasteiger partial charge in [0.1, 0.15) is 0 Å². The highest BCUT2D eigenvalue weighted by molar-refractivity contribution is 7.99. The van der Waals surface area contributed by atoms with Crippen LogP contribution >= 0.6 is 11.8 Å². The van der Waals surface area contributed by atoms with Crippen molar-refractivity contribution in [1.29, 1.82) is 0 Å². The molecule has 0 saturated heterocycles. The fourth-order valence-electron chi connectivity index (χ4n) is 0.956. The molecule has 94 valence electrons. The van der Waals surface area contributed by atoms with E-state index in [9.17, 15) is 9.59 Å². The first kappa shape index (κ1) is 15.2. The number of nitrogens with one attached hydrogen (secondary N) is 1. The van der Waals surface area contributed by atoms with E-state index in [0.29, 0.717) is 6.54 Å². The van der Waals surface area contributed by atoms with Crippen LogP contribution < -0.4 is 16.8 Å². The Balaban J connectivity index is 3.46. The highest BCUT2D eigenvalue weighted by Crippen LogP contribution is 2.00. The number of primary amides is 1. The smallest absolute Gasteiger partial charge is 0.237 e. The van der Waals surface area contributed by atoms with Crippen molar-refractivity contribution >= 4 is 23.6 Å². The Morgan fingerprint density at radius 3 is 2.62 bits per heavy atom. The summed E-state index contributed by atoms with van der Waals surface area (Å²) >= 11 is 1.64. The summed E-state index contributed by atoms with van der Waals surface area (Å²) in [7, 11) is 0. The summed E-state index contributed by atoms with van der Waals surface area (Å²) in [5, 5.41) is 11.1. The maximum absolute atomic E-state index is 11.3. The predicted octanol–water partition coefficient (Wildman–Crippen LogP) is -1.58. The van der Waals surface area contributed by atoms with Gasteiger partial charge in [0.2, 0.25) is 11.8 Å². The van der Waals surface area contributed by atoms with E-state index >= 15 is 0 Å². The summed E-state index contributed by atoms with van der Waals surface area (Å²) in [6, 6.07) is -0.861. The largest absolute Gasteiger partial charge is 0.396 e. The number of aliphatic hydroxyl groups excluding tert-OH is 1. The first-order valence-electron chi connectivity index (χ1n) is 5.08. The molecular weight excluding hydrogens is 230 g/mol. The van der Waals surface area contributed by atoms with E-state index in [4.69, 9.17) is 16.6 Å². The quantitative estimate of drug-likeness (QED) is 0.368. The summed E-state index contributed by atoms with van der Waals surface area (Å²) in [5.41, 5.74) is 10.3. The van der Waals surface area contributed by atoms with Gasteiger partial charge in [0, 0.05) is 18.9 Å². The molecule has 0 bridgehead atoms. The summed E-state index contributed by atoms with van der Waals surface area (Å²) in [6.07, 6.45) is 0.614. The van der Waals surface area contributed by atoms with Gasteiger partial charge < -0.3 is 21.9 Å². The summed E-state index contributed by atoms with van der Waals surface area (Å²) in [4.78, 5) is 21.8. The molecule has 0 fully saturated rings. The number of rotatable bonds is 9. The van der Waals surface area contributed by atoms with Crippen molar-refractivity contribution < 1.29 is 14.7 Å². The van der Waals surface area contributed by atoms with Crippen LogP contribution in [-0.4, -0.2) is 47.6 Å². The number of amides is 2. The van der Waals surface area contributed by atoms with Crippen LogP contribution in [0.5, 0.6) is 0 Å². The molecular formula is C9H19N3O3S. The van der Waals surface area contributed by atoms with E-state index in [2.05, 4.69) is 5.32 Å². The monoisotopic (exact) mass is 249 g/mol. The molecule has 0 rings (SSSR count). The fraction of sp³-hybridized carbons (Fsp3) is 0.778. The molecule has 0 saturated carbocycles. The summed E-state index contributed by atoms with van der Waals surface area (Å²) in [6.45, 7) is 0.685. The summed E-state index contributed by atoms with van der Waals surface area (Å²) < 4.78 is 0. The van der Waals surface area contributed by atoms with E-state index in [-0.39, 0.29) is 18.9 Å². The molecule has 0 aliphatic carbocycles. The third-order valence-electron chi connectivity index (χ3n) is 1.75. The highest BCUT2D eigenvalue weighted by Gasteiger charge is 2.14. The number of nitrogens with two attached hydrogens (primary N) is 2. The average Bonchev–Trinajstić information content (AvgIpc) is 2.21. The minimum Gasteiger partial charge on any atom is -0.396 e. The predicted molar refractivity (Wildman–Crippen MR) is 63.8 cm³/mol. The number of thioether (sulfide) groups is 1. The van der Waals surface area contributed by atoms with Gasteiger partial charge in [0.25, 0.3) is 0 Å². The number of hydrogen-bond acceptors (Lipinski definition) is 5. The highest BCUT2D eigenvalue weighted by atomic mass is 32.2. The van der Waals surface area contributed by atoms with Crippen LogP contribution in [0.1, 0.15) is 12.8 Å². The van der Waals surface area contributed by atoms with E-state index in [1.807, 2.05) is 0 Å². The second-order valence-electron chi connectivity index (χ2n) is 3.26. The topological polar surface area (TPSA) is 118 Å². The second-order valence-corrected chi connectivity index (χ2v) is 4.48. The average molecular weight is 249 g/mol. The van der Waals surface area contributed by atoms with Crippen LogP contribution in [0.25, 0.3) is 0 Å². The van der Waals surface area contributed by atoms with Crippen LogP contribution in [-0.2, 0) is 9.59 Å². The first-order valence-corrected chi connectivity index (χ1v) is 6.23. The standard InChI is InChI=1S/C9H19N3O3S/c10-7(6-8(11)14)9(15)12-2-5-16-4-1-3-13/h7,13H,1-6,10H2,(H2,11,14)(H,12,15). The SMILES string of the molecule is NC(=O)CC(N)C(=O)NCCSCCCO. The number of aliphatic hydroxyl groups is 1. The molecule has 0 aromatic carbocycles. The molecule has 0 spiro atoms. The molecule has 0 aliphatic rings. The van der Waals surface area contributed by atoms with E-state index in [0.717, 1.165) is 17.9 Å². The van der Waals surface area contributed by atoms with E-state index < -0.39 is 11.9 Å². The van der Waals surface area contributed by atoms with Gasteiger partial charge in [-0.05, 0) is 12.2 Å². The van der Waals surface area contributed by atoms with Crippen LogP contribution in [0.4, 0.5) is 0 Å². The molecule has 0 aliphatic heterocycles. The van der Waals surface area contributed by atoms with Crippen LogP contribution in [0.3, 0.4) is 0 Å². The molecule has 7 heteroatoms. The number of carbonyl (C=O) groups excluding carboxylic acids is 2. The maximum atomic E-state index is 11.3. The maximum Gasteiger partial charge on any atom is 0.237 e. The van der Waals surface area contributed by atoms with Gasteiger partial charge in [0.15, 0.2) is 0 Å². The Morgan fingerprint density at radius 1 is 1.38 bits per heavy atom. The van der Waals surface area contributed by atoms with E-state index in [1.54, 1.807) is 11.8 Å². The molecule has 0 aromatic rings. The van der Waals surface area contributed by atoms with Crippen molar-refractivity contribution in [2.45, 2.75) is 18.9 Å². The van der Waals surface area contributed by atoms with Gasteiger partial charge >= 0.3 is 0 Å². The molecule has 16 heavy (non-hydrogen) atoms. The Kier molecular flexibility index (Phi) is 8.97. The third-order valence-corrected chi connectivity index (χ3v) is 2.82. The van der Waals surface area contributed by atoms with Crippen LogP contribution in [0, 0.1) is 0 Å². The first-order chi connectivity index (χ1) is 7.57. The lowest BCUT2D eigenvalue weighted by Gasteiger charge is -2.10. The van der Waals surface area contributed by atoms with Gasteiger partial charge in [-0.25, -0.2) is 0 Å². The zero-order valence-corrected chi connectivity index (χ0v) is 9.96. The molecule has 0 aromatic heterocycles. The zero-order valence-electron chi connectivity index (χ0n) is 9.15. The van der Waals surface area contributed by atoms with Crippen LogP contribution in [0.2, 0.25) is 0 Å². The normalized spacial score (nSPS) is 12.1. The third kappa shape index (κ3) is 8.51. The fourth-order valence-corrected chi connectivity index (χ4v) is 1.74. The Hall–Kier alpha value is -0.790. The molecule has 1 unspecified atom stereocenters. The van der Waals surface area contributed by atoms with Crippen molar-refractivity contribution in [3.05, 3.63) is 0 Å². The Labute approximate surface area is 99.1 Å². The summed E-state index contributed by atoms with van der Waals surface area (Å²) in [5.74, 6) is 0.677. The van der Waals surface area contributed by atoms with Crippen LogP contribution in [0.15, 0.2) is 0 Å². The molecule has 6 N–H and O–H groups in total. The van der Waals surface area contributed by atoms with Gasteiger partial charge in [-0.2, -0.15) is 11.8 Å². The van der Waals surface area contributed by atoms with Crippen molar-refractivity contribution in [2.75, 3.05) is 24.7 Å². The number of hydrogen-bond donors (Lipinski definition) is 4.